The minimum absolute atomic E-state index is 0.267. The highest BCUT2D eigenvalue weighted by Crippen LogP contribution is 2.44. The molecule has 0 heterocycles. The maximum Gasteiger partial charge on any atom is 0.471 e. The highest BCUT2D eigenvalue weighted by atomic mass is 19.4. The molecule has 2 nitrogen and oxygen atoms in total. The molecule has 1 atom stereocenters. The Morgan fingerprint density at radius 2 is 1.86 bits per heavy atom. The van der Waals surface area contributed by atoms with E-state index in [1.165, 1.54) is 12.8 Å². The van der Waals surface area contributed by atoms with Crippen LogP contribution in [0.1, 0.15) is 72.1 Å². The molecule has 1 unspecified atom stereocenters. The van der Waals surface area contributed by atoms with Crippen LogP contribution < -0.4 is 5.32 Å². The summed E-state index contributed by atoms with van der Waals surface area (Å²) in [6.07, 6.45) is 2.98. The van der Waals surface area contributed by atoms with E-state index in [0.717, 1.165) is 25.7 Å². The van der Waals surface area contributed by atoms with E-state index < -0.39 is 12.1 Å². The summed E-state index contributed by atoms with van der Waals surface area (Å²) in [4.78, 5) is 11.0. The van der Waals surface area contributed by atoms with Crippen LogP contribution >= 0.6 is 0 Å². The van der Waals surface area contributed by atoms with Crippen LogP contribution in [0.2, 0.25) is 0 Å². The van der Waals surface area contributed by atoms with Gasteiger partial charge < -0.3 is 5.32 Å². The first kappa shape index (κ1) is 18.3. The second-order valence-electron chi connectivity index (χ2n) is 6.65. The fourth-order valence-electron chi connectivity index (χ4n) is 3.18. The average molecular weight is 307 g/mol. The Hall–Kier alpha value is -0.740. The van der Waals surface area contributed by atoms with Crippen LogP contribution in [0.3, 0.4) is 0 Å². The molecule has 0 aromatic carbocycles. The minimum Gasteiger partial charge on any atom is -0.346 e. The Bertz CT molecular complexity index is 333. The molecule has 1 aliphatic carbocycles. The number of carbonyl (C=O) groups excluding carboxylic acids is 1. The Balaban J connectivity index is 2.46. The number of alkyl halides is 3. The summed E-state index contributed by atoms with van der Waals surface area (Å²) in [7, 11) is 0. The topological polar surface area (TPSA) is 29.1 Å². The maximum atomic E-state index is 12.3. The molecule has 0 aromatic rings. The number of rotatable bonds is 6. The van der Waals surface area contributed by atoms with Gasteiger partial charge in [-0.15, -0.1) is 0 Å². The zero-order chi connectivity index (χ0) is 16.1. The van der Waals surface area contributed by atoms with Crippen molar-refractivity contribution in [2.24, 2.45) is 11.3 Å². The molecule has 0 radical (unpaired) electrons. The lowest BCUT2D eigenvalue weighted by Gasteiger charge is -2.40. The SMILES string of the molecule is CCC(C)CCC1(CC)CCC(NC(=O)C(F)(F)F)CC1. The van der Waals surface area contributed by atoms with Gasteiger partial charge in [0.1, 0.15) is 0 Å². The molecule has 1 rings (SSSR count). The fraction of sp³-hybridized carbons (Fsp3) is 0.938. The van der Waals surface area contributed by atoms with Crippen LogP contribution in [0.5, 0.6) is 0 Å². The monoisotopic (exact) mass is 307 g/mol. The molecule has 1 fully saturated rings. The van der Waals surface area contributed by atoms with Gasteiger partial charge >= 0.3 is 12.1 Å². The van der Waals surface area contributed by atoms with Gasteiger partial charge in [-0.1, -0.05) is 40.0 Å². The highest BCUT2D eigenvalue weighted by molar-refractivity contribution is 5.81. The molecule has 1 saturated carbocycles. The fourth-order valence-corrected chi connectivity index (χ4v) is 3.18. The van der Waals surface area contributed by atoms with Crippen LogP contribution in [-0.4, -0.2) is 18.1 Å². The smallest absolute Gasteiger partial charge is 0.346 e. The van der Waals surface area contributed by atoms with E-state index in [1.807, 2.05) is 0 Å². The number of hydrogen-bond donors (Lipinski definition) is 1. The largest absolute Gasteiger partial charge is 0.471 e. The van der Waals surface area contributed by atoms with Crippen molar-refractivity contribution in [1.82, 2.24) is 5.32 Å². The van der Waals surface area contributed by atoms with Crippen LogP contribution in [0, 0.1) is 11.3 Å². The number of carbonyl (C=O) groups is 1. The van der Waals surface area contributed by atoms with E-state index in [4.69, 9.17) is 0 Å². The van der Waals surface area contributed by atoms with Gasteiger partial charge in [0.15, 0.2) is 0 Å². The number of halogens is 3. The molecule has 1 amide bonds. The van der Waals surface area contributed by atoms with Crippen molar-refractivity contribution in [2.45, 2.75) is 84.4 Å². The van der Waals surface area contributed by atoms with Gasteiger partial charge in [-0.3, -0.25) is 4.79 Å². The Morgan fingerprint density at radius 3 is 2.29 bits per heavy atom. The second kappa shape index (κ2) is 7.50. The molecule has 124 valence electrons. The van der Waals surface area contributed by atoms with E-state index in [0.29, 0.717) is 18.8 Å². The molecule has 0 spiro atoms. The summed E-state index contributed by atoms with van der Waals surface area (Å²) in [5.41, 5.74) is 0.267. The van der Waals surface area contributed by atoms with Crippen molar-refractivity contribution >= 4 is 5.91 Å². The minimum atomic E-state index is -4.77. The first-order chi connectivity index (χ1) is 9.72. The van der Waals surface area contributed by atoms with Crippen molar-refractivity contribution < 1.29 is 18.0 Å². The van der Waals surface area contributed by atoms with Crippen molar-refractivity contribution in [3.8, 4) is 0 Å². The molecule has 1 N–H and O–H groups in total. The Labute approximate surface area is 125 Å². The predicted molar refractivity (Wildman–Crippen MR) is 77.9 cm³/mol. The number of nitrogens with one attached hydrogen (secondary N) is 1. The molecule has 5 heteroatoms. The standard InChI is InChI=1S/C16H28F3NO/c1-4-12(3)6-9-15(5-2)10-7-13(8-11-15)20-14(21)16(17,18)19/h12-13H,4-11H2,1-3H3,(H,20,21). The lowest BCUT2D eigenvalue weighted by molar-refractivity contribution is -0.174. The van der Waals surface area contributed by atoms with E-state index in [9.17, 15) is 18.0 Å². The molecular weight excluding hydrogens is 279 g/mol. The van der Waals surface area contributed by atoms with Crippen LogP contribution in [0.25, 0.3) is 0 Å². The van der Waals surface area contributed by atoms with Crippen molar-refractivity contribution in [3.63, 3.8) is 0 Å². The first-order valence-electron chi connectivity index (χ1n) is 8.10. The third-order valence-electron chi connectivity index (χ3n) is 5.25. The lowest BCUT2D eigenvalue weighted by atomic mass is 9.67. The predicted octanol–water partition coefficient (Wildman–Crippen LogP) is 4.83. The Morgan fingerprint density at radius 1 is 1.29 bits per heavy atom. The van der Waals surface area contributed by atoms with Gasteiger partial charge in [0, 0.05) is 6.04 Å². The van der Waals surface area contributed by atoms with Crippen molar-refractivity contribution in [1.29, 1.82) is 0 Å². The van der Waals surface area contributed by atoms with Crippen LogP contribution in [0.15, 0.2) is 0 Å². The molecule has 0 bridgehead atoms. The van der Waals surface area contributed by atoms with Crippen LogP contribution in [0.4, 0.5) is 13.2 Å². The van der Waals surface area contributed by atoms with Crippen LogP contribution in [-0.2, 0) is 4.79 Å². The van der Waals surface area contributed by atoms with Gasteiger partial charge in [-0.25, -0.2) is 0 Å². The summed E-state index contributed by atoms with van der Waals surface area (Å²) in [6, 6.07) is -0.317. The quantitative estimate of drug-likeness (QED) is 0.748. The normalized spacial score (nSPS) is 28.2. The van der Waals surface area contributed by atoms with E-state index in [2.05, 4.69) is 26.1 Å². The Kier molecular flexibility index (Phi) is 6.54. The summed E-state index contributed by atoms with van der Waals surface area (Å²) < 4.78 is 36.8. The zero-order valence-electron chi connectivity index (χ0n) is 13.4. The highest BCUT2D eigenvalue weighted by Gasteiger charge is 2.41. The van der Waals surface area contributed by atoms with Gasteiger partial charge in [0.05, 0.1) is 0 Å². The van der Waals surface area contributed by atoms with E-state index in [-0.39, 0.29) is 11.5 Å². The maximum absolute atomic E-state index is 12.3. The summed E-state index contributed by atoms with van der Waals surface area (Å²) >= 11 is 0. The molecule has 1 aliphatic rings. The van der Waals surface area contributed by atoms with Gasteiger partial charge in [-0.2, -0.15) is 13.2 Å². The van der Waals surface area contributed by atoms with Crippen molar-refractivity contribution in [2.75, 3.05) is 0 Å². The summed E-state index contributed by atoms with van der Waals surface area (Å²) in [5, 5.41) is 2.13. The van der Waals surface area contributed by atoms with E-state index >= 15 is 0 Å². The summed E-state index contributed by atoms with van der Waals surface area (Å²) in [6.45, 7) is 6.61. The molecule has 21 heavy (non-hydrogen) atoms. The summed E-state index contributed by atoms with van der Waals surface area (Å²) in [5.74, 6) is -1.09. The van der Waals surface area contributed by atoms with Gasteiger partial charge in [-0.05, 0) is 43.4 Å². The number of hydrogen-bond acceptors (Lipinski definition) is 1. The average Bonchev–Trinajstić information content (AvgIpc) is 2.45. The van der Waals surface area contributed by atoms with Gasteiger partial charge in [0.2, 0.25) is 0 Å². The second-order valence-corrected chi connectivity index (χ2v) is 6.65. The van der Waals surface area contributed by atoms with Crippen molar-refractivity contribution in [3.05, 3.63) is 0 Å². The number of amides is 1. The molecular formula is C16H28F3NO. The zero-order valence-corrected chi connectivity index (χ0v) is 13.4. The molecule has 0 aromatic heterocycles. The van der Waals surface area contributed by atoms with Gasteiger partial charge in [0.25, 0.3) is 0 Å². The molecule has 0 saturated heterocycles. The third kappa shape index (κ3) is 5.51. The first-order valence-corrected chi connectivity index (χ1v) is 8.10. The third-order valence-corrected chi connectivity index (χ3v) is 5.25. The lowest BCUT2D eigenvalue weighted by Crippen LogP contribution is -2.46. The molecule has 0 aliphatic heterocycles. The van der Waals surface area contributed by atoms with E-state index in [1.54, 1.807) is 0 Å².